The molecule has 0 radical (unpaired) electrons. The first-order chi connectivity index (χ1) is 7.36. The van der Waals surface area contributed by atoms with E-state index in [1.54, 1.807) is 0 Å². The Hall–Kier alpha value is -1.28. The zero-order chi connectivity index (χ0) is 10.9. The van der Waals surface area contributed by atoms with E-state index >= 15 is 0 Å². The van der Waals surface area contributed by atoms with Crippen LogP contribution >= 0.6 is 0 Å². The summed E-state index contributed by atoms with van der Waals surface area (Å²) in [5.41, 5.74) is 1.24. The van der Waals surface area contributed by atoms with Gasteiger partial charge in [0.25, 0.3) is 0 Å². The largest absolute Gasteiger partial charge is 0.494 e. The van der Waals surface area contributed by atoms with Crippen LogP contribution in [0.4, 0.5) is 0 Å². The minimum Gasteiger partial charge on any atom is -0.494 e. The number of nitrogens with one attached hydrogen (secondary N) is 1. The molecule has 2 heteroatoms. The van der Waals surface area contributed by atoms with Crippen LogP contribution in [0.25, 0.3) is 0 Å². The summed E-state index contributed by atoms with van der Waals surface area (Å²) in [7, 11) is 0. The maximum absolute atomic E-state index is 5.55. The summed E-state index contributed by atoms with van der Waals surface area (Å²) in [6, 6.07) is 8.18. The van der Waals surface area contributed by atoms with Gasteiger partial charge in [0.1, 0.15) is 5.75 Å². The Kier molecular flexibility index (Phi) is 5.56. The molecule has 0 amide bonds. The monoisotopic (exact) mass is 205 g/mol. The summed E-state index contributed by atoms with van der Waals surface area (Å²) in [5, 5.41) is 3.26. The second kappa shape index (κ2) is 7.07. The molecule has 0 fully saturated rings. The molecule has 0 saturated heterocycles. The normalized spacial score (nSPS) is 9.93. The molecule has 1 rings (SSSR count). The molecule has 0 aromatic heterocycles. The molecule has 0 atom stereocenters. The lowest BCUT2D eigenvalue weighted by atomic mass is 10.2. The Balaban J connectivity index is 2.46. The molecule has 0 aliphatic heterocycles. The quantitative estimate of drug-likeness (QED) is 0.546. The molecular weight excluding hydrogens is 186 g/mol. The summed E-state index contributed by atoms with van der Waals surface area (Å²) in [5.74, 6) is 0.953. The highest BCUT2D eigenvalue weighted by Gasteiger charge is 1.95. The Bertz CT molecular complexity index is 296. The molecule has 0 saturated carbocycles. The van der Waals surface area contributed by atoms with Crippen LogP contribution < -0.4 is 10.1 Å². The molecule has 1 N–H and O–H groups in total. The fourth-order valence-corrected chi connectivity index (χ4v) is 1.28. The van der Waals surface area contributed by atoms with E-state index in [2.05, 4.69) is 31.0 Å². The number of benzene rings is 1. The van der Waals surface area contributed by atoms with E-state index in [4.69, 9.17) is 4.74 Å². The van der Waals surface area contributed by atoms with Crippen molar-refractivity contribution in [3.05, 3.63) is 42.5 Å². The highest BCUT2D eigenvalue weighted by Crippen LogP contribution is 2.13. The second-order valence-electron chi connectivity index (χ2n) is 3.42. The van der Waals surface area contributed by atoms with E-state index in [0.29, 0.717) is 0 Å². The third-order valence-corrected chi connectivity index (χ3v) is 1.99. The maximum atomic E-state index is 5.55. The number of hydrogen-bond donors (Lipinski definition) is 1. The molecule has 0 heterocycles. The van der Waals surface area contributed by atoms with Crippen LogP contribution in [-0.2, 0) is 6.54 Å². The molecule has 2 nitrogen and oxygen atoms in total. The number of hydrogen-bond acceptors (Lipinski definition) is 2. The summed E-state index contributed by atoms with van der Waals surface area (Å²) >= 11 is 0. The Morgan fingerprint density at radius 3 is 3.07 bits per heavy atom. The average molecular weight is 205 g/mol. The van der Waals surface area contributed by atoms with Crippen LogP contribution in [0.15, 0.2) is 36.9 Å². The van der Waals surface area contributed by atoms with Crippen molar-refractivity contribution in [3.8, 4) is 5.75 Å². The van der Waals surface area contributed by atoms with Crippen LogP contribution in [0.2, 0.25) is 0 Å². The predicted octanol–water partition coefficient (Wildman–Crippen LogP) is 2.75. The Morgan fingerprint density at radius 1 is 1.47 bits per heavy atom. The molecule has 0 aliphatic carbocycles. The van der Waals surface area contributed by atoms with E-state index in [1.165, 1.54) is 5.56 Å². The highest BCUT2D eigenvalue weighted by molar-refractivity contribution is 5.28. The van der Waals surface area contributed by atoms with Crippen molar-refractivity contribution in [1.29, 1.82) is 0 Å². The third kappa shape index (κ3) is 4.66. The molecule has 1 aromatic carbocycles. The molecular formula is C13H19NO. The van der Waals surface area contributed by atoms with Crippen LogP contribution in [0.1, 0.15) is 18.9 Å². The average Bonchev–Trinajstić information content (AvgIpc) is 2.27. The predicted molar refractivity (Wildman–Crippen MR) is 64.1 cm³/mol. The lowest BCUT2D eigenvalue weighted by Crippen LogP contribution is -2.12. The SMILES string of the molecule is C=CCNCc1cccc(OCCC)c1. The second-order valence-corrected chi connectivity index (χ2v) is 3.42. The summed E-state index contributed by atoms with van der Waals surface area (Å²) in [6.45, 7) is 8.24. The Labute approximate surface area is 92.0 Å². The topological polar surface area (TPSA) is 21.3 Å². The van der Waals surface area contributed by atoms with Gasteiger partial charge in [-0.3, -0.25) is 0 Å². The van der Waals surface area contributed by atoms with Gasteiger partial charge in [-0.25, -0.2) is 0 Å². The van der Waals surface area contributed by atoms with Crippen molar-refractivity contribution in [2.75, 3.05) is 13.2 Å². The van der Waals surface area contributed by atoms with E-state index in [0.717, 1.165) is 31.9 Å². The van der Waals surface area contributed by atoms with E-state index in [-0.39, 0.29) is 0 Å². The number of ether oxygens (including phenoxy) is 1. The highest BCUT2D eigenvalue weighted by atomic mass is 16.5. The van der Waals surface area contributed by atoms with Crippen molar-refractivity contribution in [1.82, 2.24) is 5.32 Å². The minimum atomic E-state index is 0.781. The van der Waals surface area contributed by atoms with E-state index < -0.39 is 0 Å². The molecule has 1 aromatic rings. The number of rotatable bonds is 7. The molecule has 82 valence electrons. The van der Waals surface area contributed by atoms with Crippen LogP contribution in [0, 0.1) is 0 Å². The lowest BCUT2D eigenvalue weighted by Gasteiger charge is -2.07. The molecule has 15 heavy (non-hydrogen) atoms. The van der Waals surface area contributed by atoms with Crippen LogP contribution in [-0.4, -0.2) is 13.2 Å². The van der Waals surface area contributed by atoms with Crippen LogP contribution in [0.5, 0.6) is 5.75 Å². The van der Waals surface area contributed by atoms with Crippen LogP contribution in [0.3, 0.4) is 0 Å². The first-order valence-electron chi connectivity index (χ1n) is 5.40. The lowest BCUT2D eigenvalue weighted by molar-refractivity contribution is 0.317. The van der Waals surface area contributed by atoms with E-state index in [1.807, 2.05) is 18.2 Å². The smallest absolute Gasteiger partial charge is 0.119 e. The molecule has 0 unspecified atom stereocenters. The third-order valence-electron chi connectivity index (χ3n) is 1.99. The molecule has 0 spiro atoms. The van der Waals surface area contributed by atoms with Crippen molar-refractivity contribution >= 4 is 0 Å². The maximum Gasteiger partial charge on any atom is 0.119 e. The first kappa shape index (κ1) is 11.8. The van der Waals surface area contributed by atoms with Crippen molar-refractivity contribution in [2.45, 2.75) is 19.9 Å². The van der Waals surface area contributed by atoms with Gasteiger partial charge < -0.3 is 10.1 Å². The van der Waals surface area contributed by atoms with Gasteiger partial charge in [0.2, 0.25) is 0 Å². The fourth-order valence-electron chi connectivity index (χ4n) is 1.28. The Morgan fingerprint density at radius 2 is 2.33 bits per heavy atom. The minimum absolute atomic E-state index is 0.781. The van der Waals surface area contributed by atoms with Gasteiger partial charge >= 0.3 is 0 Å². The zero-order valence-corrected chi connectivity index (χ0v) is 9.33. The summed E-state index contributed by atoms with van der Waals surface area (Å²) in [4.78, 5) is 0. The van der Waals surface area contributed by atoms with Crippen molar-refractivity contribution < 1.29 is 4.74 Å². The fraction of sp³-hybridized carbons (Fsp3) is 0.385. The summed E-state index contributed by atoms with van der Waals surface area (Å²) in [6.07, 6.45) is 2.90. The van der Waals surface area contributed by atoms with Gasteiger partial charge in [0, 0.05) is 13.1 Å². The first-order valence-corrected chi connectivity index (χ1v) is 5.40. The van der Waals surface area contributed by atoms with Gasteiger partial charge in [-0.2, -0.15) is 0 Å². The van der Waals surface area contributed by atoms with Gasteiger partial charge in [-0.15, -0.1) is 6.58 Å². The van der Waals surface area contributed by atoms with E-state index in [9.17, 15) is 0 Å². The van der Waals surface area contributed by atoms with Gasteiger partial charge in [-0.05, 0) is 24.1 Å². The zero-order valence-electron chi connectivity index (χ0n) is 9.33. The molecule has 0 bridgehead atoms. The van der Waals surface area contributed by atoms with Gasteiger partial charge in [-0.1, -0.05) is 25.1 Å². The standard InChI is InChI=1S/C13H19NO/c1-3-8-14-11-12-6-5-7-13(10-12)15-9-4-2/h3,5-7,10,14H,1,4,8-9,11H2,2H3. The van der Waals surface area contributed by atoms with Gasteiger partial charge in [0.05, 0.1) is 6.61 Å². The van der Waals surface area contributed by atoms with Gasteiger partial charge in [0.15, 0.2) is 0 Å². The molecule has 0 aliphatic rings. The van der Waals surface area contributed by atoms with Crippen molar-refractivity contribution in [3.63, 3.8) is 0 Å². The van der Waals surface area contributed by atoms with Crippen molar-refractivity contribution in [2.24, 2.45) is 0 Å². The summed E-state index contributed by atoms with van der Waals surface area (Å²) < 4.78 is 5.55.